The summed E-state index contributed by atoms with van der Waals surface area (Å²) in [6.07, 6.45) is 0. The summed E-state index contributed by atoms with van der Waals surface area (Å²) in [7, 11) is 4.13. The van der Waals surface area contributed by atoms with Crippen LogP contribution in [-0.4, -0.2) is 43.2 Å². The van der Waals surface area contributed by atoms with Crippen molar-refractivity contribution >= 4 is 5.96 Å². The second-order valence-corrected chi connectivity index (χ2v) is 7.20. The molecule has 5 heteroatoms. The van der Waals surface area contributed by atoms with Crippen molar-refractivity contribution in [1.82, 2.24) is 15.5 Å². The molecule has 0 saturated carbocycles. The van der Waals surface area contributed by atoms with Crippen LogP contribution in [0.4, 0.5) is 0 Å². The fourth-order valence-corrected chi connectivity index (χ4v) is 2.87. The maximum Gasteiger partial charge on any atom is 0.191 e. The molecule has 3 N–H and O–H groups in total. The van der Waals surface area contributed by atoms with Gasteiger partial charge in [0.25, 0.3) is 0 Å². The van der Waals surface area contributed by atoms with E-state index in [4.69, 9.17) is 4.99 Å². The minimum Gasteiger partial charge on any atom is -0.384 e. The molecule has 0 fully saturated rings. The second-order valence-electron chi connectivity index (χ2n) is 7.20. The van der Waals surface area contributed by atoms with Crippen LogP contribution in [0.3, 0.4) is 0 Å². The maximum absolute atomic E-state index is 10.8. The van der Waals surface area contributed by atoms with Gasteiger partial charge in [-0.2, -0.15) is 0 Å². The first-order valence-electron chi connectivity index (χ1n) is 9.44. The lowest BCUT2D eigenvalue weighted by Gasteiger charge is -2.25. The van der Waals surface area contributed by atoms with Gasteiger partial charge in [0.05, 0.1) is 13.1 Å². The van der Waals surface area contributed by atoms with Crippen molar-refractivity contribution in [2.24, 2.45) is 4.99 Å². The molecule has 2 rings (SSSR count). The Morgan fingerprint density at radius 1 is 1.00 bits per heavy atom. The molecule has 1 unspecified atom stereocenters. The zero-order valence-electron chi connectivity index (χ0n) is 16.9. The van der Waals surface area contributed by atoms with E-state index in [0.717, 1.165) is 18.7 Å². The van der Waals surface area contributed by atoms with Crippen molar-refractivity contribution in [2.75, 3.05) is 27.2 Å². The molecule has 0 heterocycles. The van der Waals surface area contributed by atoms with Gasteiger partial charge in [-0.3, -0.25) is 0 Å². The quantitative estimate of drug-likeness (QED) is 0.495. The van der Waals surface area contributed by atoms with Crippen LogP contribution in [-0.2, 0) is 18.7 Å². The fourth-order valence-electron chi connectivity index (χ4n) is 2.87. The predicted octanol–water partition coefficient (Wildman–Crippen LogP) is 2.71. The lowest BCUT2D eigenvalue weighted by molar-refractivity contribution is 0.0617. The second kappa shape index (κ2) is 10.1. The normalized spacial score (nSPS) is 14.1. The van der Waals surface area contributed by atoms with Crippen LogP contribution in [0.5, 0.6) is 0 Å². The molecule has 0 spiro atoms. The van der Waals surface area contributed by atoms with Gasteiger partial charge < -0.3 is 20.6 Å². The third-order valence-electron chi connectivity index (χ3n) is 4.35. The van der Waals surface area contributed by atoms with Crippen molar-refractivity contribution in [3.63, 3.8) is 0 Å². The molecule has 0 amide bonds. The highest BCUT2D eigenvalue weighted by atomic mass is 16.3. The summed E-state index contributed by atoms with van der Waals surface area (Å²) in [5.74, 6) is 0.702. The summed E-state index contributed by atoms with van der Waals surface area (Å²) in [6.45, 7) is 6.46. The minimum absolute atomic E-state index is 0.377. The van der Waals surface area contributed by atoms with Gasteiger partial charge in [0.1, 0.15) is 5.60 Å². The average Bonchev–Trinajstić information content (AvgIpc) is 2.65. The first-order valence-corrected chi connectivity index (χ1v) is 9.44. The molecular formula is C22H32N4O. The Morgan fingerprint density at radius 2 is 1.63 bits per heavy atom. The lowest BCUT2D eigenvalue weighted by Crippen LogP contribution is -2.44. The molecule has 2 aromatic rings. The van der Waals surface area contributed by atoms with Crippen LogP contribution in [0, 0.1) is 0 Å². The highest BCUT2D eigenvalue weighted by Crippen LogP contribution is 2.19. The van der Waals surface area contributed by atoms with Crippen LogP contribution < -0.4 is 10.6 Å². The maximum atomic E-state index is 10.8. The first-order chi connectivity index (χ1) is 12.9. The molecule has 0 saturated heterocycles. The molecule has 0 aliphatic carbocycles. The van der Waals surface area contributed by atoms with E-state index in [0.29, 0.717) is 19.0 Å². The Morgan fingerprint density at radius 3 is 2.26 bits per heavy atom. The molecule has 0 aromatic heterocycles. The summed E-state index contributed by atoms with van der Waals surface area (Å²) in [6, 6.07) is 18.1. The van der Waals surface area contributed by atoms with E-state index in [2.05, 4.69) is 47.8 Å². The number of nitrogens with zero attached hydrogens (tertiary/aromatic N) is 2. The van der Waals surface area contributed by atoms with Crippen molar-refractivity contribution in [3.8, 4) is 0 Å². The summed E-state index contributed by atoms with van der Waals surface area (Å²) < 4.78 is 0. The number of benzene rings is 2. The summed E-state index contributed by atoms with van der Waals surface area (Å²) in [4.78, 5) is 6.87. The van der Waals surface area contributed by atoms with E-state index in [9.17, 15) is 5.11 Å². The summed E-state index contributed by atoms with van der Waals surface area (Å²) in [5.41, 5.74) is 2.39. The molecule has 0 aliphatic rings. The summed E-state index contributed by atoms with van der Waals surface area (Å²) >= 11 is 0. The highest BCUT2D eigenvalue weighted by molar-refractivity contribution is 5.79. The van der Waals surface area contributed by atoms with Crippen molar-refractivity contribution < 1.29 is 5.11 Å². The van der Waals surface area contributed by atoms with Gasteiger partial charge >= 0.3 is 0 Å². The van der Waals surface area contributed by atoms with E-state index in [1.807, 2.05) is 50.2 Å². The van der Waals surface area contributed by atoms with Gasteiger partial charge in [-0.25, -0.2) is 4.99 Å². The Kier molecular flexibility index (Phi) is 7.82. The first kappa shape index (κ1) is 20.9. The predicted molar refractivity (Wildman–Crippen MR) is 113 cm³/mol. The van der Waals surface area contributed by atoms with Crippen molar-refractivity contribution in [3.05, 3.63) is 71.3 Å². The topological polar surface area (TPSA) is 59.9 Å². The van der Waals surface area contributed by atoms with E-state index in [-0.39, 0.29) is 0 Å². The van der Waals surface area contributed by atoms with Gasteiger partial charge in [0, 0.05) is 13.1 Å². The van der Waals surface area contributed by atoms with Gasteiger partial charge in [0.15, 0.2) is 5.96 Å². The van der Waals surface area contributed by atoms with Gasteiger partial charge in [0.2, 0.25) is 0 Å². The Bertz CT molecular complexity index is 726. The zero-order valence-corrected chi connectivity index (χ0v) is 16.9. The number of rotatable bonds is 8. The number of aliphatic hydroxyl groups is 1. The number of hydrogen-bond acceptors (Lipinski definition) is 3. The Balaban J connectivity index is 2.07. The number of nitrogens with one attached hydrogen (secondary N) is 2. The van der Waals surface area contributed by atoms with Crippen molar-refractivity contribution in [1.29, 1.82) is 0 Å². The minimum atomic E-state index is -0.972. The van der Waals surface area contributed by atoms with E-state index >= 15 is 0 Å². The lowest BCUT2D eigenvalue weighted by atomic mass is 9.96. The molecule has 0 radical (unpaired) electrons. The van der Waals surface area contributed by atoms with E-state index in [1.54, 1.807) is 0 Å². The number of guanidine groups is 1. The van der Waals surface area contributed by atoms with Crippen LogP contribution in [0.25, 0.3) is 0 Å². The van der Waals surface area contributed by atoms with Gasteiger partial charge in [-0.15, -0.1) is 0 Å². The largest absolute Gasteiger partial charge is 0.384 e. The molecule has 1 atom stereocenters. The van der Waals surface area contributed by atoms with Crippen LogP contribution >= 0.6 is 0 Å². The zero-order chi connectivity index (χ0) is 19.7. The SMILES string of the molecule is CCNC(=NCc1ccccc1CN(C)C)NCC(C)(O)c1ccccc1. The molecule has 27 heavy (non-hydrogen) atoms. The van der Waals surface area contributed by atoms with Gasteiger partial charge in [-0.05, 0) is 44.6 Å². The third kappa shape index (κ3) is 6.70. The monoisotopic (exact) mass is 368 g/mol. The van der Waals surface area contributed by atoms with Crippen LogP contribution in [0.1, 0.15) is 30.5 Å². The third-order valence-corrected chi connectivity index (χ3v) is 4.35. The fraction of sp³-hybridized carbons (Fsp3) is 0.409. The molecule has 146 valence electrons. The number of aliphatic imine (C=N–C) groups is 1. The molecule has 0 bridgehead atoms. The summed E-state index contributed by atoms with van der Waals surface area (Å²) in [5, 5.41) is 17.3. The smallest absolute Gasteiger partial charge is 0.191 e. The van der Waals surface area contributed by atoms with Crippen LogP contribution in [0.2, 0.25) is 0 Å². The number of hydrogen-bond donors (Lipinski definition) is 3. The molecular weight excluding hydrogens is 336 g/mol. The van der Waals surface area contributed by atoms with Gasteiger partial charge in [-0.1, -0.05) is 54.6 Å². The standard InChI is InChI=1S/C22H32N4O/c1-5-23-21(25-17-22(2,27)20-13-7-6-8-14-20)24-15-18-11-9-10-12-19(18)16-26(3)4/h6-14,27H,5,15-17H2,1-4H3,(H2,23,24,25). The average molecular weight is 369 g/mol. The molecule has 2 aromatic carbocycles. The molecule has 5 nitrogen and oxygen atoms in total. The highest BCUT2D eigenvalue weighted by Gasteiger charge is 2.22. The van der Waals surface area contributed by atoms with E-state index in [1.165, 1.54) is 11.1 Å². The Hall–Kier alpha value is -2.37. The molecule has 0 aliphatic heterocycles. The Labute approximate surface area is 163 Å². The van der Waals surface area contributed by atoms with Crippen molar-refractivity contribution in [2.45, 2.75) is 32.5 Å². The van der Waals surface area contributed by atoms with E-state index < -0.39 is 5.60 Å². The van der Waals surface area contributed by atoms with Crippen LogP contribution in [0.15, 0.2) is 59.6 Å².